The first kappa shape index (κ1) is 25.3. The predicted octanol–water partition coefficient (Wildman–Crippen LogP) is 6.03. The summed E-state index contributed by atoms with van der Waals surface area (Å²) in [6.07, 6.45) is -3.05. The second-order valence-corrected chi connectivity index (χ2v) is 8.10. The van der Waals surface area contributed by atoms with E-state index in [-0.39, 0.29) is 22.4 Å². The molecule has 0 amide bonds. The lowest BCUT2D eigenvalue weighted by atomic mass is 9.95. The largest absolute Gasteiger partial charge is 0.478 e. The van der Waals surface area contributed by atoms with Crippen LogP contribution >= 0.6 is 0 Å². The van der Waals surface area contributed by atoms with Gasteiger partial charge in [-0.3, -0.25) is 14.6 Å². The van der Waals surface area contributed by atoms with Gasteiger partial charge < -0.3 is 10.0 Å². The van der Waals surface area contributed by atoms with E-state index in [4.69, 9.17) is 0 Å². The number of hydrogen-bond donors (Lipinski definition) is 1. The third-order valence-electron chi connectivity index (χ3n) is 5.74. The van der Waals surface area contributed by atoms with Crippen LogP contribution in [0.3, 0.4) is 0 Å². The van der Waals surface area contributed by atoms with Crippen molar-refractivity contribution in [3.63, 3.8) is 0 Å². The molecule has 9 heteroatoms. The van der Waals surface area contributed by atoms with E-state index in [1.807, 2.05) is 0 Å². The van der Waals surface area contributed by atoms with Gasteiger partial charge in [-0.05, 0) is 48.5 Å². The first-order valence-electron chi connectivity index (χ1n) is 10.9. The molecule has 0 aliphatic carbocycles. The molecule has 0 spiro atoms. The third-order valence-corrected chi connectivity index (χ3v) is 5.74. The summed E-state index contributed by atoms with van der Waals surface area (Å²) >= 11 is 0. The number of carbonyl (C=O) groups excluding carboxylic acids is 2. The highest BCUT2D eigenvalue weighted by atomic mass is 19.4. The highest BCUT2D eigenvalue weighted by Gasteiger charge is 2.30. The van der Waals surface area contributed by atoms with E-state index >= 15 is 0 Å². The quantitative estimate of drug-likeness (QED) is 0.309. The minimum Gasteiger partial charge on any atom is -0.478 e. The van der Waals surface area contributed by atoms with Crippen LogP contribution in [-0.4, -0.2) is 34.7 Å². The normalized spacial score (nSPS) is 11.1. The molecule has 1 aromatic heterocycles. The maximum Gasteiger partial charge on any atom is 0.416 e. The number of alkyl halides is 3. The fourth-order valence-corrected chi connectivity index (χ4v) is 3.70. The molecule has 0 bridgehead atoms. The number of hydrogen-bond acceptors (Lipinski definition) is 5. The number of rotatable bonds is 7. The molecule has 186 valence electrons. The number of pyridine rings is 1. The predicted molar refractivity (Wildman–Crippen MR) is 130 cm³/mol. The summed E-state index contributed by atoms with van der Waals surface area (Å²) in [5, 5.41) is 9.66. The number of carboxylic acid groups (broad SMARTS) is 1. The maximum absolute atomic E-state index is 13.0. The Kier molecular flexibility index (Phi) is 6.88. The van der Waals surface area contributed by atoms with Crippen LogP contribution in [0, 0.1) is 0 Å². The van der Waals surface area contributed by atoms with Crippen LogP contribution in [0.2, 0.25) is 0 Å². The van der Waals surface area contributed by atoms with Crippen LogP contribution < -0.4 is 4.90 Å². The molecule has 6 nitrogen and oxygen atoms in total. The number of carbonyl (C=O) groups is 3. The fraction of sp³-hybridized carbons (Fsp3) is 0.0714. The van der Waals surface area contributed by atoms with Crippen molar-refractivity contribution in [2.24, 2.45) is 0 Å². The topological polar surface area (TPSA) is 87.6 Å². The van der Waals surface area contributed by atoms with Gasteiger partial charge in [0.1, 0.15) is 5.69 Å². The zero-order chi connectivity index (χ0) is 26.7. The van der Waals surface area contributed by atoms with E-state index in [0.29, 0.717) is 16.9 Å². The molecule has 4 rings (SSSR count). The molecule has 1 N–H and O–H groups in total. The number of ketones is 2. The minimum absolute atomic E-state index is 0.0306. The van der Waals surface area contributed by atoms with E-state index in [1.165, 1.54) is 36.5 Å². The fourth-order valence-electron chi connectivity index (χ4n) is 3.70. The van der Waals surface area contributed by atoms with Crippen molar-refractivity contribution in [2.45, 2.75) is 6.18 Å². The summed E-state index contributed by atoms with van der Waals surface area (Å²) in [5.74, 6) is -2.38. The monoisotopic (exact) mass is 504 g/mol. The summed E-state index contributed by atoms with van der Waals surface area (Å²) in [6, 6.07) is 19.6. The highest BCUT2D eigenvalue weighted by Crippen LogP contribution is 2.32. The molecule has 4 aromatic rings. The SMILES string of the molecule is CN(c1ccc(C(F)(F)F)cc1)c1ccc(C(=O)c2ccc(C(=O)c3ccccc3)c(C(=O)O)c2)nc1. The molecule has 0 atom stereocenters. The average Bonchev–Trinajstić information content (AvgIpc) is 2.91. The molecule has 0 radical (unpaired) electrons. The summed E-state index contributed by atoms with van der Waals surface area (Å²) in [4.78, 5) is 43.4. The van der Waals surface area contributed by atoms with Crippen molar-refractivity contribution >= 4 is 28.9 Å². The summed E-state index contributed by atoms with van der Waals surface area (Å²) in [6.45, 7) is 0. The summed E-state index contributed by atoms with van der Waals surface area (Å²) in [7, 11) is 1.64. The van der Waals surface area contributed by atoms with Crippen LogP contribution in [0.25, 0.3) is 0 Å². The van der Waals surface area contributed by atoms with Crippen molar-refractivity contribution in [1.29, 1.82) is 0 Å². The number of benzene rings is 3. The lowest BCUT2D eigenvalue weighted by molar-refractivity contribution is -0.137. The average molecular weight is 504 g/mol. The smallest absolute Gasteiger partial charge is 0.416 e. The summed E-state index contributed by atoms with van der Waals surface area (Å²) in [5.41, 5.74) is 0.279. The second kappa shape index (κ2) is 10.1. The van der Waals surface area contributed by atoms with Crippen LogP contribution in [0.4, 0.5) is 24.5 Å². The van der Waals surface area contributed by atoms with Gasteiger partial charge in [0.2, 0.25) is 5.78 Å². The van der Waals surface area contributed by atoms with Gasteiger partial charge in [0.15, 0.2) is 5.78 Å². The first-order valence-corrected chi connectivity index (χ1v) is 10.9. The van der Waals surface area contributed by atoms with E-state index < -0.39 is 29.3 Å². The van der Waals surface area contributed by atoms with E-state index in [9.17, 15) is 32.7 Å². The van der Waals surface area contributed by atoms with Crippen molar-refractivity contribution in [3.05, 3.63) is 125 Å². The molecule has 1 heterocycles. The van der Waals surface area contributed by atoms with E-state index in [2.05, 4.69) is 4.98 Å². The standard InChI is InChI=1S/C28H19F3N2O4/c1-33(20-10-8-19(9-11-20)28(29,30)31)21-12-14-24(32-16-21)26(35)18-7-13-22(23(15-18)27(36)37)25(34)17-5-3-2-4-6-17/h2-16H,1H3,(H,36,37). The molecule has 0 fully saturated rings. The highest BCUT2D eigenvalue weighted by molar-refractivity contribution is 6.16. The second-order valence-electron chi connectivity index (χ2n) is 8.10. The number of nitrogens with zero attached hydrogens (tertiary/aromatic N) is 2. The Balaban J connectivity index is 1.57. The Morgan fingerprint density at radius 2 is 1.41 bits per heavy atom. The van der Waals surface area contributed by atoms with Crippen molar-refractivity contribution in [2.75, 3.05) is 11.9 Å². The van der Waals surface area contributed by atoms with Crippen LogP contribution in [0.1, 0.15) is 47.9 Å². The molecule has 0 aliphatic rings. The lowest BCUT2D eigenvalue weighted by Crippen LogP contribution is -2.13. The first-order chi connectivity index (χ1) is 17.6. The summed E-state index contributed by atoms with van der Waals surface area (Å²) < 4.78 is 38.4. The van der Waals surface area contributed by atoms with Crippen LogP contribution in [0.15, 0.2) is 91.1 Å². The molecular weight excluding hydrogens is 485 g/mol. The van der Waals surface area contributed by atoms with Crippen LogP contribution in [-0.2, 0) is 6.18 Å². The van der Waals surface area contributed by atoms with E-state index in [1.54, 1.807) is 48.3 Å². The molecule has 0 unspecified atom stereocenters. The Hall–Kier alpha value is -4.79. The van der Waals surface area contributed by atoms with Crippen molar-refractivity contribution in [1.82, 2.24) is 4.98 Å². The lowest BCUT2D eigenvalue weighted by Gasteiger charge is -2.20. The molecule has 37 heavy (non-hydrogen) atoms. The Labute approximate surface area is 209 Å². The van der Waals surface area contributed by atoms with Gasteiger partial charge in [0.05, 0.1) is 23.0 Å². The van der Waals surface area contributed by atoms with Gasteiger partial charge in [-0.25, -0.2) is 4.79 Å². The molecule has 3 aromatic carbocycles. The van der Waals surface area contributed by atoms with Crippen molar-refractivity contribution < 1.29 is 32.7 Å². The van der Waals surface area contributed by atoms with E-state index in [0.717, 1.165) is 18.2 Å². The van der Waals surface area contributed by atoms with Crippen molar-refractivity contribution in [3.8, 4) is 0 Å². The van der Waals surface area contributed by atoms with Gasteiger partial charge >= 0.3 is 12.1 Å². The van der Waals surface area contributed by atoms with Gasteiger partial charge in [-0.1, -0.05) is 36.4 Å². The number of carboxylic acids is 1. The number of anilines is 2. The maximum atomic E-state index is 13.0. The third kappa shape index (κ3) is 5.40. The van der Waals surface area contributed by atoms with Gasteiger partial charge in [0, 0.05) is 29.4 Å². The number of halogens is 3. The van der Waals surface area contributed by atoms with Gasteiger partial charge in [0.25, 0.3) is 0 Å². The molecule has 0 aliphatic heterocycles. The van der Waals surface area contributed by atoms with Crippen LogP contribution in [0.5, 0.6) is 0 Å². The van der Waals surface area contributed by atoms with Gasteiger partial charge in [-0.2, -0.15) is 13.2 Å². The Morgan fingerprint density at radius 3 is 1.97 bits per heavy atom. The number of aromatic carboxylic acids is 1. The molecule has 0 saturated heterocycles. The van der Waals surface area contributed by atoms with Gasteiger partial charge in [-0.15, -0.1) is 0 Å². The zero-order valence-corrected chi connectivity index (χ0v) is 19.4. The number of aromatic nitrogens is 1. The zero-order valence-electron chi connectivity index (χ0n) is 19.4. The molecule has 0 saturated carbocycles. The Morgan fingerprint density at radius 1 is 0.757 bits per heavy atom. The molecular formula is C28H19F3N2O4. The Bertz CT molecular complexity index is 1470. The minimum atomic E-state index is -4.44.